The van der Waals surface area contributed by atoms with Crippen LogP contribution in [0, 0.1) is 5.82 Å². The molecule has 0 spiro atoms. The first-order chi connectivity index (χ1) is 7.68. The first-order valence-corrected chi connectivity index (χ1v) is 5.92. The molecule has 0 saturated carbocycles. The number of halogens is 1. The van der Waals surface area contributed by atoms with Gasteiger partial charge in [-0.15, -0.1) is 0 Å². The van der Waals surface area contributed by atoms with Crippen LogP contribution in [0.1, 0.15) is 31.4 Å². The number of piperidine rings is 1. The van der Waals surface area contributed by atoms with Crippen molar-refractivity contribution in [1.82, 2.24) is 4.90 Å². The van der Waals surface area contributed by atoms with Gasteiger partial charge in [0.25, 0.3) is 0 Å². The SMILES string of the molecule is CC(c1ccccc1F)N1CCC(N)CC1. The van der Waals surface area contributed by atoms with Gasteiger partial charge in [-0.05, 0) is 25.8 Å². The first-order valence-electron chi connectivity index (χ1n) is 5.92. The molecule has 1 fully saturated rings. The van der Waals surface area contributed by atoms with Crippen LogP contribution in [0.15, 0.2) is 24.3 Å². The minimum Gasteiger partial charge on any atom is -0.328 e. The number of nitrogens with zero attached hydrogens (tertiary/aromatic N) is 1. The Balaban J connectivity index is 2.07. The van der Waals surface area contributed by atoms with E-state index in [4.69, 9.17) is 5.73 Å². The van der Waals surface area contributed by atoms with E-state index in [0.717, 1.165) is 31.5 Å². The summed E-state index contributed by atoms with van der Waals surface area (Å²) in [6.45, 7) is 4.00. The molecule has 1 unspecified atom stereocenters. The molecule has 0 aromatic heterocycles. The average molecular weight is 222 g/mol. The number of hydrogen-bond acceptors (Lipinski definition) is 2. The van der Waals surface area contributed by atoms with E-state index >= 15 is 0 Å². The second-order valence-corrected chi connectivity index (χ2v) is 4.57. The molecule has 0 bridgehead atoms. The fourth-order valence-corrected chi connectivity index (χ4v) is 2.32. The molecule has 1 aliphatic heterocycles. The molecule has 1 heterocycles. The molecule has 1 aromatic rings. The molecule has 0 aliphatic carbocycles. The third kappa shape index (κ3) is 2.42. The van der Waals surface area contributed by atoms with E-state index in [1.807, 2.05) is 12.1 Å². The van der Waals surface area contributed by atoms with E-state index in [-0.39, 0.29) is 11.9 Å². The zero-order valence-corrected chi connectivity index (χ0v) is 9.70. The number of nitrogens with two attached hydrogens (primary N) is 1. The Kier molecular flexibility index (Phi) is 3.56. The lowest BCUT2D eigenvalue weighted by Gasteiger charge is -2.35. The van der Waals surface area contributed by atoms with E-state index < -0.39 is 0 Å². The normalized spacial score (nSPS) is 20.9. The van der Waals surface area contributed by atoms with Crippen molar-refractivity contribution < 1.29 is 4.39 Å². The van der Waals surface area contributed by atoms with Crippen LogP contribution in [0.5, 0.6) is 0 Å². The van der Waals surface area contributed by atoms with Crippen LogP contribution >= 0.6 is 0 Å². The molecule has 1 aromatic carbocycles. The Bertz CT molecular complexity index is 346. The van der Waals surface area contributed by atoms with Crippen LogP contribution < -0.4 is 5.73 Å². The van der Waals surface area contributed by atoms with Gasteiger partial charge in [-0.25, -0.2) is 4.39 Å². The average Bonchev–Trinajstić information content (AvgIpc) is 2.30. The van der Waals surface area contributed by atoms with Crippen molar-refractivity contribution in [1.29, 1.82) is 0 Å². The van der Waals surface area contributed by atoms with E-state index in [1.165, 1.54) is 6.07 Å². The molecule has 1 aliphatic rings. The quantitative estimate of drug-likeness (QED) is 0.832. The molecule has 0 radical (unpaired) electrons. The zero-order valence-electron chi connectivity index (χ0n) is 9.70. The number of hydrogen-bond donors (Lipinski definition) is 1. The predicted molar refractivity (Wildman–Crippen MR) is 63.6 cm³/mol. The minimum atomic E-state index is -0.107. The molecule has 3 heteroatoms. The van der Waals surface area contributed by atoms with Crippen molar-refractivity contribution >= 4 is 0 Å². The highest BCUT2D eigenvalue weighted by Crippen LogP contribution is 2.25. The van der Waals surface area contributed by atoms with Crippen molar-refractivity contribution in [2.45, 2.75) is 31.8 Å². The van der Waals surface area contributed by atoms with Gasteiger partial charge in [0.05, 0.1) is 0 Å². The fraction of sp³-hybridized carbons (Fsp3) is 0.538. The molecule has 2 N–H and O–H groups in total. The summed E-state index contributed by atoms with van der Waals surface area (Å²) in [5, 5.41) is 0. The molecular weight excluding hydrogens is 203 g/mol. The molecule has 16 heavy (non-hydrogen) atoms. The summed E-state index contributed by atoms with van der Waals surface area (Å²) in [6.07, 6.45) is 2.03. The van der Waals surface area contributed by atoms with Gasteiger partial charge in [0.2, 0.25) is 0 Å². The topological polar surface area (TPSA) is 29.3 Å². The van der Waals surface area contributed by atoms with Crippen molar-refractivity contribution in [3.63, 3.8) is 0 Å². The molecule has 1 saturated heterocycles. The Morgan fingerprint density at radius 3 is 2.56 bits per heavy atom. The van der Waals surface area contributed by atoms with E-state index in [0.29, 0.717) is 6.04 Å². The summed E-state index contributed by atoms with van der Waals surface area (Å²) in [5.74, 6) is -0.107. The second-order valence-electron chi connectivity index (χ2n) is 4.57. The van der Waals surface area contributed by atoms with E-state index in [2.05, 4.69) is 11.8 Å². The number of likely N-dealkylation sites (tertiary alicyclic amines) is 1. The van der Waals surface area contributed by atoms with Gasteiger partial charge in [-0.3, -0.25) is 4.90 Å². The van der Waals surface area contributed by atoms with Crippen LogP contribution in [0.25, 0.3) is 0 Å². The molecule has 88 valence electrons. The summed E-state index contributed by atoms with van der Waals surface area (Å²) in [4.78, 5) is 2.31. The lowest BCUT2D eigenvalue weighted by molar-refractivity contribution is 0.161. The van der Waals surface area contributed by atoms with Crippen LogP contribution in [-0.4, -0.2) is 24.0 Å². The molecule has 2 rings (SSSR count). The molecular formula is C13H19FN2. The molecule has 0 amide bonds. The fourth-order valence-electron chi connectivity index (χ4n) is 2.32. The van der Waals surface area contributed by atoms with Crippen molar-refractivity contribution in [2.75, 3.05) is 13.1 Å². The van der Waals surface area contributed by atoms with Crippen molar-refractivity contribution in [3.05, 3.63) is 35.6 Å². The Labute approximate surface area is 96.2 Å². The van der Waals surface area contributed by atoms with Gasteiger partial charge < -0.3 is 5.73 Å². The van der Waals surface area contributed by atoms with Gasteiger partial charge >= 0.3 is 0 Å². The second kappa shape index (κ2) is 4.93. The zero-order chi connectivity index (χ0) is 11.5. The van der Waals surface area contributed by atoms with Gasteiger partial charge in [0.1, 0.15) is 5.82 Å². The van der Waals surface area contributed by atoms with Crippen LogP contribution in [0.3, 0.4) is 0 Å². The lowest BCUT2D eigenvalue weighted by Crippen LogP contribution is -2.41. The Hall–Kier alpha value is -0.930. The standard InChI is InChI=1S/C13H19FN2/c1-10(12-4-2-3-5-13(12)14)16-8-6-11(15)7-9-16/h2-5,10-11H,6-9,15H2,1H3. The number of rotatable bonds is 2. The largest absolute Gasteiger partial charge is 0.328 e. The van der Waals surface area contributed by atoms with Crippen LogP contribution in [0.2, 0.25) is 0 Å². The highest BCUT2D eigenvalue weighted by atomic mass is 19.1. The smallest absolute Gasteiger partial charge is 0.127 e. The van der Waals surface area contributed by atoms with Gasteiger partial charge in [-0.2, -0.15) is 0 Å². The predicted octanol–water partition coefficient (Wildman–Crippen LogP) is 2.31. The van der Waals surface area contributed by atoms with Crippen LogP contribution in [-0.2, 0) is 0 Å². The molecule has 2 nitrogen and oxygen atoms in total. The number of benzene rings is 1. The lowest BCUT2D eigenvalue weighted by atomic mass is 10.0. The van der Waals surface area contributed by atoms with Gasteiger partial charge in [0.15, 0.2) is 0 Å². The minimum absolute atomic E-state index is 0.107. The maximum absolute atomic E-state index is 13.6. The highest BCUT2D eigenvalue weighted by molar-refractivity contribution is 5.20. The summed E-state index contributed by atoms with van der Waals surface area (Å²) in [6, 6.07) is 7.50. The highest BCUT2D eigenvalue weighted by Gasteiger charge is 2.22. The van der Waals surface area contributed by atoms with E-state index in [9.17, 15) is 4.39 Å². The van der Waals surface area contributed by atoms with Crippen LogP contribution in [0.4, 0.5) is 4.39 Å². The molecule has 1 atom stereocenters. The Morgan fingerprint density at radius 1 is 1.31 bits per heavy atom. The summed E-state index contributed by atoms with van der Waals surface area (Å²) >= 11 is 0. The maximum Gasteiger partial charge on any atom is 0.127 e. The third-order valence-corrected chi connectivity index (χ3v) is 3.48. The monoisotopic (exact) mass is 222 g/mol. The van der Waals surface area contributed by atoms with E-state index in [1.54, 1.807) is 6.07 Å². The van der Waals surface area contributed by atoms with Gasteiger partial charge in [0, 0.05) is 30.7 Å². The Morgan fingerprint density at radius 2 is 1.94 bits per heavy atom. The van der Waals surface area contributed by atoms with Crippen molar-refractivity contribution in [2.24, 2.45) is 5.73 Å². The maximum atomic E-state index is 13.6. The summed E-state index contributed by atoms with van der Waals surface area (Å²) in [5.41, 5.74) is 6.65. The summed E-state index contributed by atoms with van der Waals surface area (Å²) < 4.78 is 13.6. The third-order valence-electron chi connectivity index (χ3n) is 3.48. The van der Waals surface area contributed by atoms with Gasteiger partial charge in [-0.1, -0.05) is 18.2 Å². The van der Waals surface area contributed by atoms with Crippen molar-refractivity contribution in [3.8, 4) is 0 Å². The summed E-state index contributed by atoms with van der Waals surface area (Å²) in [7, 11) is 0. The first kappa shape index (κ1) is 11.6.